The van der Waals surface area contributed by atoms with Gasteiger partial charge in [-0.3, -0.25) is 9.59 Å². The summed E-state index contributed by atoms with van der Waals surface area (Å²) in [5.41, 5.74) is 1.09. The summed E-state index contributed by atoms with van der Waals surface area (Å²) in [6, 6.07) is 18.8. The molecule has 160 valence electrons. The van der Waals surface area contributed by atoms with Crippen molar-refractivity contribution in [3.63, 3.8) is 0 Å². The van der Waals surface area contributed by atoms with E-state index in [0.29, 0.717) is 5.75 Å². The van der Waals surface area contributed by atoms with Crippen molar-refractivity contribution in [2.75, 3.05) is 0 Å². The van der Waals surface area contributed by atoms with E-state index in [-0.39, 0.29) is 19.4 Å². The number of carbonyl (C=O) groups is 3. The van der Waals surface area contributed by atoms with Crippen LogP contribution in [0.5, 0.6) is 0 Å². The summed E-state index contributed by atoms with van der Waals surface area (Å²) in [6.07, 6.45) is -1.00. The lowest BCUT2D eigenvalue weighted by molar-refractivity contribution is -0.146. The van der Waals surface area contributed by atoms with Gasteiger partial charge in [-0.25, -0.2) is 4.79 Å². The molecule has 0 aliphatic carbocycles. The fourth-order valence-electron chi connectivity index (χ4n) is 2.36. The number of ether oxygens (including phenoxy) is 2. The van der Waals surface area contributed by atoms with E-state index in [2.05, 4.69) is 0 Å². The van der Waals surface area contributed by atoms with Crippen LogP contribution in [0.4, 0.5) is 4.79 Å². The van der Waals surface area contributed by atoms with Crippen LogP contribution in [0.1, 0.15) is 44.7 Å². The van der Waals surface area contributed by atoms with Gasteiger partial charge >= 0.3 is 12.1 Å². The molecule has 2 aromatic carbocycles. The Morgan fingerprint density at radius 2 is 1.43 bits per heavy atom. The Balaban J connectivity index is 1.91. The molecule has 0 aliphatic heterocycles. The Morgan fingerprint density at radius 1 is 0.867 bits per heavy atom. The first-order valence-corrected chi connectivity index (χ1v) is 10.6. The Morgan fingerprint density at radius 3 is 2.00 bits per heavy atom. The molecule has 0 atom stereocenters. The molecule has 7 heteroatoms. The molecule has 0 saturated heterocycles. The molecular formula is C23H27NO5S. The highest BCUT2D eigenvalue weighted by Gasteiger charge is 2.28. The predicted molar refractivity (Wildman–Crippen MR) is 116 cm³/mol. The monoisotopic (exact) mass is 429 g/mol. The van der Waals surface area contributed by atoms with Crippen LogP contribution in [0.25, 0.3) is 0 Å². The summed E-state index contributed by atoms with van der Waals surface area (Å²) in [5, 5.41) is 0. The van der Waals surface area contributed by atoms with Crippen molar-refractivity contribution in [2.24, 2.45) is 0 Å². The van der Waals surface area contributed by atoms with Crippen molar-refractivity contribution in [1.29, 1.82) is 0 Å². The lowest BCUT2D eigenvalue weighted by atomic mass is 10.2. The second-order valence-electron chi connectivity index (χ2n) is 7.57. The standard InChI is InChI=1S/C23H27NO5S/c1-23(2,3)29-22(27)24(30-17-19-12-8-5-9-13-19)20(25)14-15-21(26)28-16-18-10-6-4-7-11-18/h4-13H,14-17H2,1-3H3. The van der Waals surface area contributed by atoms with E-state index in [9.17, 15) is 14.4 Å². The molecule has 0 aromatic heterocycles. The SMILES string of the molecule is CC(C)(C)OC(=O)N(SCc1ccccc1)C(=O)CCC(=O)OCc1ccccc1. The summed E-state index contributed by atoms with van der Waals surface area (Å²) in [7, 11) is 0. The molecule has 6 nitrogen and oxygen atoms in total. The number of amides is 2. The van der Waals surface area contributed by atoms with Crippen molar-refractivity contribution in [3.8, 4) is 0 Å². The van der Waals surface area contributed by atoms with Crippen LogP contribution in [0, 0.1) is 0 Å². The van der Waals surface area contributed by atoms with Crippen molar-refractivity contribution in [1.82, 2.24) is 4.31 Å². The zero-order valence-corrected chi connectivity index (χ0v) is 18.3. The molecule has 2 rings (SSSR count). The molecule has 2 aromatic rings. The molecule has 0 bridgehead atoms. The second-order valence-corrected chi connectivity index (χ2v) is 8.49. The number of carbonyl (C=O) groups excluding carboxylic acids is 3. The quantitative estimate of drug-likeness (QED) is 0.428. The molecule has 2 amide bonds. The normalized spacial score (nSPS) is 10.9. The highest BCUT2D eigenvalue weighted by atomic mass is 32.2. The molecule has 30 heavy (non-hydrogen) atoms. The van der Waals surface area contributed by atoms with E-state index in [1.165, 1.54) is 0 Å². The van der Waals surface area contributed by atoms with Crippen molar-refractivity contribution in [3.05, 3.63) is 71.8 Å². The third kappa shape index (κ3) is 8.69. The van der Waals surface area contributed by atoms with Crippen LogP contribution in [0.15, 0.2) is 60.7 Å². The van der Waals surface area contributed by atoms with E-state index in [1.807, 2.05) is 60.7 Å². The molecule has 0 saturated carbocycles. The van der Waals surface area contributed by atoms with Crippen LogP contribution in [-0.4, -0.2) is 27.9 Å². The fourth-order valence-corrected chi connectivity index (χ4v) is 3.21. The number of nitrogens with zero attached hydrogens (tertiary/aromatic N) is 1. The smallest absolute Gasteiger partial charge is 0.427 e. The molecule has 0 spiro atoms. The molecule has 0 unspecified atom stereocenters. The van der Waals surface area contributed by atoms with Gasteiger partial charge < -0.3 is 9.47 Å². The van der Waals surface area contributed by atoms with Gasteiger partial charge in [-0.05, 0) is 43.8 Å². The molecule has 0 N–H and O–H groups in total. The number of rotatable bonds is 8. The zero-order chi connectivity index (χ0) is 22.0. The van der Waals surface area contributed by atoms with E-state index < -0.39 is 23.6 Å². The Kier molecular flexibility index (Phi) is 8.92. The zero-order valence-electron chi connectivity index (χ0n) is 17.5. The maximum atomic E-state index is 12.7. The summed E-state index contributed by atoms with van der Waals surface area (Å²) >= 11 is 1.05. The van der Waals surface area contributed by atoms with Crippen LogP contribution >= 0.6 is 11.9 Å². The molecule has 0 heterocycles. The van der Waals surface area contributed by atoms with Gasteiger partial charge in [0.05, 0.1) is 6.42 Å². The highest BCUT2D eigenvalue weighted by molar-refractivity contribution is 7.97. The van der Waals surface area contributed by atoms with Crippen LogP contribution in [0.3, 0.4) is 0 Å². The summed E-state index contributed by atoms with van der Waals surface area (Å²) in [6.45, 7) is 5.34. The van der Waals surface area contributed by atoms with Gasteiger partial charge in [0.25, 0.3) is 0 Å². The summed E-state index contributed by atoms with van der Waals surface area (Å²) in [5.74, 6) is -0.573. The third-order valence-corrected chi connectivity index (χ3v) is 4.85. The fraction of sp³-hybridized carbons (Fsp3) is 0.348. The Bertz CT molecular complexity index is 834. The van der Waals surface area contributed by atoms with Gasteiger partial charge in [0, 0.05) is 12.2 Å². The van der Waals surface area contributed by atoms with Crippen molar-refractivity contribution < 1.29 is 23.9 Å². The minimum absolute atomic E-state index is 0.114. The highest BCUT2D eigenvalue weighted by Crippen LogP contribution is 2.22. The van der Waals surface area contributed by atoms with Crippen molar-refractivity contribution >= 4 is 29.9 Å². The van der Waals surface area contributed by atoms with Gasteiger partial charge in [0.1, 0.15) is 12.2 Å². The number of benzene rings is 2. The first-order chi connectivity index (χ1) is 14.2. The summed E-state index contributed by atoms with van der Waals surface area (Å²) in [4.78, 5) is 37.2. The topological polar surface area (TPSA) is 72.9 Å². The molecular weight excluding hydrogens is 402 g/mol. The maximum absolute atomic E-state index is 12.7. The lowest BCUT2D eigenvalue weighted by Gasteiger charge is -2.25. The summed E-state index contributed by atoms with van der Waals surface area (Å²) < 4.78 is 11.5. The minimum atomic E-state index is -0.744. The number of imide groups is 1. The lowest BCUT2D eigenvalue weighted by Crippen LogP contribution is -2.36. The number of esters is 1. The largest absolute Gasteiger partial charge is 0.461 e. The van der Waals surface area contributed by atoms with E-state index >= 15 is 0 Å². The van der Waals surface area contributed by atoms with Gasteiger partial charge in [-0.1, -0.05) is 60.7 Å². The third-order valence-electron chi connectivity index (χ3n) is 3.77. The van der Waals surface area contributed by atoms with Gasteiger partial charge in [-0.2, -0.15) is 4.31 Å². The minimum Gasteiger partial charge on any atom is -0.461 e. The Hall–Kier alpha value is -2.80. The van der Waals surface area contributed by atoms with Crippen LogP contribution in [0.2, 0.25) is 0 Å². The van der Waals surface area contributed by atoms with E-state index in [1.54, 1.807) is 20.8 Å². The van der Waals surface area contributed by atoms with Crippen LogP contribution in [-0.2, 0) is 31.4 Å². The molecule has 0 fully saturated rings. The Labute approximate surface area is 181 Å². The predicted octanol–water partition coefficient (Wildman–Crippen LogP) is 5.12. The van der Waals surface area contributed by atoms with Gasteiger partial charge in [0.2, 0.25) is 5.91 Å². The van der Waals surface area contributed by atoms with E-state index in [0.717, 1.165) is 27.4 Å². The van der Waals surface area contributed by atoms with E-state index in [4.69, 9.17) is 9.47 Å². The maximum Gasteiger partial charge on any atom is 0.427 e. The second kappa shape index (κ2) is 11.4. The van der Waals surface area contributed by atoms with Gasteiger partial charge in [-0.15, -0.1) is 0 Å². The number of hydrogen-bond donors (Lipinski definition) is 0. The first-order valence-electron chi connectivity index (χ1n) is 9.67. The van der Waals surface area contributed by atoms with Crippen LogP contribution < -0.4 is 0 Å². The van der Waals surface area contributed by atoms with Crippen molar-refractivity contribution in [2.45, 2.75) is 51.6 Å². The number of hydrogen-bond acceptors (Lipinski definition) is 6. The average molecular weight is 430 g/mol. The molecule has 0 aliphatic rings. The average Bonchev–Trinajstić information content (AvgIpc) is 2.71. The van der Waals surface area contributed by atoms with Gasteiger partial charge in [0.15, 0.2) is 0 Å². The molecule has 0 radical (unpaired) electrons. The first kappa shape index (κ1) is 23.5.